The topological polar surface area (TPSA) is 16.1 Å². The van der Waals surface area contributed by atoms with Crippen molar-refractivity contribution < 1.29 is 0 Å². The lowest BCUT2D eigenvalue weighted by Gasteiger charge is -2.23. The Labute approximate surface area is 104 Å². The van der Waals surface area contributed by atoms with Gasteiger partial charge in [0.2, 0.25) is 0 Å². The number of pyridine rings is 1. The molecule has 0 saturated carbocycles. The SMILES string of the molecule is CC1CC(Cl)CN1c1ncc(Cl)cc1Cl. The van der Waals surface area contributed by atoms with Gasteiger partial charge in [-0.2, -0.15) is 0 Å². The molecule has 0 bridgehead atoms. The summed E-state index contributed by atoms with van der Waals surface area (Å²) in [7, 11) is 0. The van der Waals surface area contributed by atoms with E-state index in [0.717, 1.165) is 18.8 Å². The highest BCUT2D eigenvalue weighted by atomic mass is 35.5. The molecule has 0 radical (unpaired) electrons. The van der Waals surface area contributed by atoms with Crippen LogP contribution < -0.4 is 4.90 Å². The molecule has 0 aliphatic carbocycles. The van der Waals surface area contributed by atoms with E-state index in [-0.39, 0.29) is 5.38 Å². The first-order chi connectivity index (χ1) is 7.08. The maximum atomic E-state index is 6.10. The summed E-state index contributed by atoms with van der Waals surface area (Å²) in [5.41, 5.74) is 0. The summed E-state index contributed by atoms with van der Waals surface area (Å²) >= 11 is 18.0. The van der Waals surface area contributed by atoms with Crippen LogP contribution in [0.15, 0.2) is 12.3 Å². The number of halogens is 3. The van der Waals surface area contributed by atoms with Crippen LogP contribution in [0.3, 0.4) is 0 Å². The van der Waals surface area contributed by atoms with Gasteiger partial charge in [0.1, 0.15) is 5.82 Å². The maximum absolute atomic E-state index is 6.10. The van der Waals surface area contributed by atoms with Crippen LogP contribution in [0.1, 0.15) is 13.3 Å². The highest BCUT2D eigenvalue weighted by Gasteiger charge is 2.29. The van der Waals surface area contributed by atoms with Crippen molar-refractivity contribution in [2.75, 3.05) is 11.4 Å². The van der Waals surface area contributed by atoms with Gasteiger partial charge in [-0.1, -0.05) is 23.2 Å². The van der Waals surface area contributed by atoms with E-state index in [1.54, 1.807) is 12.3 Å². The molecule has 1 saturated heterocycles. The van der Waals surface area contributed by atoms with E-state index in [9.17, 15) is 0 Å². The van der Waals surface area contributed by atoms with Crippen molar-refractivity contribution in [3.63, 3.8) is 0 Å². The average Bonchev–Trinajstić information content (AvgIpc) is 2.45. The van der Waals surface area contributed by atoms with E-state index in [4.69, 9.17) is 34.8 Å². The first kappa shape index (κ1) is 11.3. The van der Waals surface area contributed by atoms with Crippen molar-refractivity contribution in [1.29, 1.82) is 0 Å². The quantitative estimate of drug-likeness (QED) is 0.721. The van der Waals surface area contributed by atoms with Crippen molar-refractivity contribution in [1.82, 2.24) is 4.98 Å². The fourth-order valence-electron chi connectivity index (χ4n) is 1.88. The smallest absolute Gasteiger partial charge is 0.147 e. The monoisotopic (exact) mass is 264 g/mol. The summed E-state index contributed by atoms with van der Waals surface area (Å²) < 4.78 is 0. The lowest BCUT2D eigenvalue weighted by molar-refractivity contribution is 0.728. The summed E-state index contributed by atoms with van der Waals surface area (Å²) in [5, 5.41) is 1.31. The summed E-state index contributed by atoms with van der Waals surface area (Å²) in [6, 6.07) is 2.08. The largest absolute Gasteiger partial charge is 0.351 e. The highest BCUT2D eigenvalue weighted by molar-refractivity contribution is 6.36. The number of rotatable bonds is 1. The highest BCUT2D eigenvalue weighted by Crippen LogP contribution is 2.32. The molecule has 0 amide bonds. The van der Waals surface area contributed by atoms with Crippen molar-refractivity contribution in [3.05, 3.63) is 22.3 Å². The number of aromatic nitrogens is 1. The molecule has 5 heteroatoms. The zero-order valence-electron chi connectivity index (χ0n) is 8.25. The van der Waals surface area contributed by atoms with E-state index in [0.29, 0.717) is 16.1 Å². The molecular weight excluding hydrogens is 254 g/mol. The van der Waals surface area contributed by atoms with Gasteiger partial charge in [-0.05, 0) is 19.4 Å². The van der Waals surface area contributed by atoms with Gasteiger partial charge in [0.15, 0.2) is 0 Å². The molecular formula is C10H11Cl3N2. The standard InChI is InChI=1S/C10H11Cl3N2/c1-6-2-8(12)5-15(6)10-9(13)3-7(11)4-14-10/h3-4,6,8H,2,5H2,1H3. The van der Waals surface area contributed by atoms with Crippen molar-refractivity contribution in [2.45, 2.75) is 24.8 Å². The molecule has 1 aromatic rings. The second kappa shape index (κ2) is 4.36. The zero-order chi connectivity index (χ0) is 11.0. The molecule has 2 nitrogen and oxygen atoms in total. The van der Waals surface area contributed by atoms with Gasteiger partial charge in [-0.3, -0.25) is 0 Å². The van der Waals surface area contributed by atoms with Crippen LogP contribution in [-0.2, 0) is 0 Å². The van der Waals surface area contributed by atoms with Gasteiger partial charge in [-0.15, -0.1) is 11.6 Å². The van der Waals surface area contributed by atoms with Crippen molar-refractivity contribution in [2.24, 2.45) is 0 Å². The molecule has 0 spiro atoms. The van der Waals surface area contributed by atoms with E-state index < -0.39 is 0 Å². The van der Waals surface area contributed by atoms with E-state index in [1.165, 1.54) is 0 Å². The van der Waals surface area contributed by atoms with E-state index in [1.807, 2.05) is 0 Å². The molecule has 82 valence electrons. The molecule has 2 rings (SSSR count). The Morgan fingerprint density at radius 1 is 1.47 bits per heavy atom. The minimum Gasteiger partial charge on any atom is -0.351 e. The van der Waals surface area contributed by atoms with Crippen LogP contribution in [0.4, 0.5) is 5.82 Å². The third-order valence-electron chi connectivity index (χ3n) is 2.58. The molecule has 1 aliphatic heterocycles. The molecule has 1 aliphatic rings. The minimum atomic E-state index is 0.175. The first-order valence-electron chi connectivity index (χ1n) is 4.79. The third-order valence-corrected chi connectivity index (χ3v) is 3.39. The van der Waals surface area contributed by atoms with Crippen LogP contribution in [0, 0.1) is 0 Å². The lowest BCUT2D eigenvalue weighted by atomic mass is 10.2. The second-order valence-corrected chi connectivity index (χ2v) is 5.25. The average molecular weight is 266 g/mol. The van der Waals surface area contributed by atoms with Crippen LogP contribution in [0.5, 0.6) is 0 Å². The predicted octanol–water partition coefficient (Wildman–Crippen LogP) is 3.59. The van der Waals surface area contributed by atoms with Gasteiger partial charge in [0, 0.05) is 18.8 Å². The Balaban J connectivity index is 2.29. The fourth-order valence-corrected chi connectivity index (χ4v) is 2.77. The third kappa shape index (κ3) is 2.32. The van der Waals surface area contributed by atoms with Gasteiger partial charge in [-0.25, -0.2) is 4.98 Å². The Morgan fingerprint density at radius 3 is 2.73 bits per heavy atom. The summed E-state index contributed by atoms with van der Waals surface area (Å²) in [4.78, 5) is 6.37. The summed E-state index contributed by atoms with van der Waals surface area (Å²) in [5.74, 6) is 0.775. The minimum absolute atomic E-state index is 0.175. The second-order valence-electron chi connectivity index (χ2n) is 3.79. The number of anilines is 1. The Morgan fingerprint density at radius 2 is 2.20 bits per heavy atom. The lowest BCUT2D eigenvalue weighted by Crippen LogP contribution is -2.28. The van der Waals surface area contributed by atoms with Gasteiger partial charge < -0.3 is 4.90 Å². The molecule has 15 heavy (non-hydrogen) atoms. The van der Waals surface area contributed by atoms with Crippen LogP contribution in [-0.4, -0.2) is 22.9 Å². The first-order valence-corrected chi connectivity index (χ1v) is 5.99. The van der Waals surface area contributed by atoms with Crippen molar-refractivity contribution in [3.8, 4) is 0 Å². The molecule has 2 atom stereocenters. The van der Waals surface area contributed by atoms with Crippen LogP contribution >= 0.6 is 34.8 Å². The zero-order valence-corrected chi connectivity index (χ0v) is 10.5. The number of hydrogen-bond donors (Lipinski definition) is 0. The Bertz CT molecular complexity index is 370. The molecule has 2 unspecified atom stereocenters. The predicted molar refractivity (Wildman–Crippen MR) is 65.3 cm³/mol. The van der Waals surface area contributed by atoms with E-state index >= 15 is 0 Å². The van der Waals surface area contributed by atoms with Crippen LogP contribution in [0.2, 0.25) is 10.0 Å². The van der Waals surface area contributed by atoms with E-state index in [2.05, 4.69) is 16.8 Å². The summed E-state index contributed by atoms with van der Waals surface area (Å²) in [6.45, 7) is 2.91. The normalized spacial score (nSPS) is 26.0. The number of alkyl halides is 1. The Hall–Kier alpha value is -0.180. The van der Waals surface area contributed by atoms with Gasteiger partial charge >= 0.3 is 0 Å². The molecule has 2 heterocycles. The number of hydrogen-bond acceptors (Lipinski definition) is 2. The Kier molecular flexibility index (Phi) is 3.29. The molecule has 1 fully saturated rings. The van der Waals surface area contributed by atoms with Gasteiger partial charge in [0.25, 0.3) is 0 Å². The van der Waals surface area contributed by atoms with Crippen molar-refractivity contribution >= 4 is 40.6 Å². The maximum Gasteiger partial charge on any atom is 0.147 e. The fraction of sp³-hybridized carbons (Fsp3) is 0.500. The molecule has 1 aromatic heterocycles. The summed E-state index contributed by atoms with van der Waals surface area (Å²) in [6.07, 6.45) is 2.57. The van der Waals surface area contributed by atoms with Gasteiger partial charge in [0.05, 0.1) is 15.4 Å². The van der Waals surface area contributed by atoms with Crippen LogP contribution in [0.25, 0.3) is 0 Å². The molecule has 0 aromatic carbocycles. The number of nitrogens with zero attached hydrogens (tertiary/aromatic N) is 2. The molecule has 0 N–H and O–H groups in total.